The van der Waals surface area contributed by atoms with Crippen LogP contribution in [-0.4, -0.2) is 10.7 Å². The van der Waals surface area contributed by atoms with Crippen LogP contribution in [0.5, 0.6) is 0 Å². The highest BCUT2D eigenvalue weighted by Gasteiger charge is 2.13. The predicted octanol–water partition coefficient (Wildman–Crippen LogP) is 7.58. The van der Waals surface area contributed by atoms with Crippen molar-refractivity contribution in [2.45, 2.75) is 24.0 Å². The average Bonchev–Trinajstić information content (AvgIpc) is 3.31. The van der Waals surface area contributed by atoms with E-state index in [4.69, 9.17) is 4.98 Å². The molecule has 3 heterocycles. The molecule has 0 radical (unpaired) electrons. The number of thiophene rings is 2. The van der Waals surface area contributed by atoms with E-state index >= 15 is 0 Å². The quantitative estimate of drug-likeness (QED) is 0.252. The fourth-order valence-corrected chi connectivity index (χ4v) is 5.82. The average molecular weight is 382 g/mol. The number of fused-ring (bicyclic) bond motifs is 1. The maximum absolute atomic E-state index is 4.97. The molecule has 0 aliphatic rings. The first-order valence-corrected chi connectivity index (χ1v) is 11.2. The first kappa shape index (κ1) is 16.8. The second-order valence-corrected chi connectivity index (χ2v) is 9.26. The van der Waals surface area contributed by atoms with Gasteiger partial charge in [0.2, 0.25) is 0 Å². The van der Waals surface area contributed by atoms with Crippen LogP contribution in [0.3, 0.4) is 0 Å². The summed E-state index contributed by atoms with van der Waals surface area (Å²) in [4.78, 5) is 7.34. The molecule has 0 fully saturated rings. The molecule has 4 aromatic rings. The van der Waals surface area contributed by atoms with Gasteiger partial charge in [-0.05, 0) is 46.9 Å². The van der Waals surface area contributed by atoms with E-state index in [9.17, 15) is 0 Å². The molecule has 0 N–H and O–H groups in total. The number of nitrogens with zero attached hydrogens (tertiary/aromatic N) is 1. The van der Waals surface area contributed by atoms with Gasteiger partial charge in [0.1, 0.15) is 4.83 Å². The molecule has 0 spiro atoms. The molecule has 0 saturated carbocycles. The van der Waals surface area contributed by atoms with E-state index in [2.05, 4.69) is 66.9 Å². The van der Waals surface area contributed by atoms with Crippen molar-refractivity contribution in [1.82, 2.24) is 4.98 Å². The zero-order valence-corrected chi connectivity index (χ0v) is 16.5. The van der Waals surface area contributed by atoms with E-state index in [1.165, 1.54) is 44.2 Å². The topological polar surface area (TPSA) is 12.9 Å². The van der Waals surface area contributed by atoms with Crippen molar-refractivity contribution in [1.29, 1.82) is 0 Å². The van der Waals surface area contributed by atoms with Crippen LogP contribution in [0.4, 0.5) is 0 Å². The van der Waals surface area contributed by atoms with E-state index in [1.54, 1.807) is 11.3 Å². The van der Waals surface area contributed by atoms with Crippen LogP contribution in [0.1, 0.15) is 19.8 Å². The molecule has 25 heavy (non-hydrogen) atoms. The van der Waals surface area contributed by atoms with Crippen LogP contribution in [0.25, 0.3) is 31.9 Å². The second-order valence-electron chi connectivity index (χ2n) is 5.88. The van der Waals surface area contributed by atoms with Gasteiger partial charge in [-0.15, -0.1) is 34.4 Å². The van der Waals surface area contributed by atoms with E-state index in [1.807, 2.05) is 23.1 Å². The van der Waals surface area contributed by atoms with Crippen LogP contribution in [-0.2, 0) is 0 Å². The number of hydrogen-bond acceptors (Lipinski definition) is 4. The highest BCUT2D eigenvalue weighted by molar-refractivity contribution is 8.01. The van der Waals surface area contributed by atoms with Gasteiger partial charge in [-0.25, -0.2) is 4.98 Å². The number of benzene rings is 1. The van der Waals surface area contributed by atoms with E-state index in [0.717, 1.165) is 10.5 Å². The molecule has 1 nitrogen and oxygen atoms in total. The number of hydrogen-bond donors (Lipinski definition) is 0. The summed E-state index contributed by atoms with van der Waals surface area (Å²) in [6.45, 7) is 2.24. The maximum atomic E-state index is 4.97. The monoisotopic (exact) mass is 381 g/mol. The van der Waals surface area contributed by atoms with Gasteiger partial charge < -0.3 is 0 Å². The summed E-state index contributed by atoms with van der Waals surface area (Å²) in [5.74, 6) is 1.18. The van der Waals surface area contributed by atoms with Crippen molar-refractivity contribution < 1.29 is 0 Å². The summed E-state index contributed by atoms with van der Waals surface area (Å²) in [6, 6.07) is 19.5. The highest BCUT2D eigenvalue weighted by Crippen LogP contribution is 2.40. The fourth-order valence-electron chi connectivity index (χ4n) is 2.79. The van der Waals surface area contributed by atoms with Gasteiger partial charge in [0, 0.05) is 5.39 Å². The second kappa shape index (κ2) is 7.73. The van der Waals surface area contributed by atoms with Gasteiger partial charge >= 0.3 is 0 Å². The Hall–Kier alpha value is -1.62. The molecule has 0 unspecified atom stereocenters. The first-order chi connectivity index (χ1) is 12.3. The maximum Gasteiger partial charge on any atom is 0.125 e. The van der Waals surface area contributed by atoms with E-state index in [-0.39, 0.29) is 0 Å². The molecule has 0 aliphatic heterocycles. The largest absolute Gasteiger partial charge is 0.236 e. The third-order valence-corrected chi connectivity index (χ3v) is 7.30. The normalized spacial score (nSPS) is 11.2. The molecule has 4 rings (SSSR count). The van der Waals surface area contributed by atoms with E-state index < -0.39 is 0 Å². The summed E-state index contributed by atoms with van der Waals surface area (Å²) in [7, 11) is 0. The van der Waals surface area contributed by atoms with Crippen LogP contribution in [0.2, 0.25) is 0 Å². The number of aromatic nitrogens is 1. The molecule has 4 heteroatoms. The molecule has 0 saturated heterocycles. The lowest BCUT2D eigenvalue weighted by Crippen LogP contribution is -1.85. The van der Waals surface area contributed by atoms with Gasteiger partial charge in [0.15, 0.2) is 0 Å². The van der Waals surface area contributed by atoms with Crippen LogP contribution < -0.4 is 0 Å². The van der Waals surface area contributed by atoms with Crippen molar-refractivity contribution in [2.24, 2.45) is 0 Å². The van der Waals surface area contributed by atoms with Crippen molar-refractivity contribution >= 4 is 44.7 Å². The number of pyridine rings is 1. The smallest absolute Gasteiger partial charge is 0.125 e. The summed E-state index contributed by atoms with van der Waals surface area (Å²) in [5, 5.41) is 3.39. The predicted molar refractivity (Wildman–Crippen MR) is 114 cm³/mol. The van der Waals surface area contributed by atoms with E-state index in [0.29, 0.717) is 0 Å². The first-order valence-electron chi connectivity index (χ1n) is 8.52. The van der Waals surface area contributed by atoms with Crippen LogP contribution >= 0.6 is 34.4 Å². The zero-order valence-electron chi connectivity index (χ0n) is 14.1. The van der Waals surface area contributed by atoms with Gasteiger partial charge in [-0.3, -0.25) is 0 Å². The highest BCUT2D eigenvalue weighted by atomic mass is 32.2. The lowest BCUT2D eigenvalue weighted by atomic mass is 10.0. The Morgan fingerprint density at radius 2 is 1.92 bits per heavy atom. The summed E-state index contributed by atoms with van der Waals surface area (Å²) in [6.07, 6.45) is 2.51. The third-order valence-electron chi connectivity index (χ3n) is 4.08. The Kier molecular flexibility index (Phi) is 5.20. The van der Waals surface area contributed by atoms with Crippen LogP contribution in [0.15, 0.2) is 64.2 Å². The Labute approximate surface area is 160 Å². The molecular formula is C21H19NS3. The van der Waals surface area contributed by atoms with Gasteiger partial charge in [-0.1, -0.05) is 49.7 Å². The number of thioether (sulfide) groups is 1. The Morgan fingerprint density at radius 1 is 1.04 bits per heavy atom. The molecule has 0 aliphatic carbocycles. The summed E-state index contributed by atoms with van der Waals surface area (Å²) >= 11 is 5.53. The van der Waals surface area contributed by atoms with Crippen molar-refractivity contribution in [2.75, 3.05) is 5.75 Å². The summed E-state index contributed by atoms with van der Waals surface area (Å²) < 4.78 is 1.37. The molecule has 126 valence electrons. The molecule has 0 bridgehead atoms. The standard InChI is InChI=1S/C21H19NS3/c1-2-3-11-24-20-14-17-16(15-8-5-4-6-9-15)13-18(22-21(17)25-20)19-10-7-12-23-19/h4-10,12-14H,2-3,11H2,1H3. The van der Waals surface area contributed by atoms with Gasteiger partial charge in [-0.2, -0.15) is 0 Å². The molecule has 1 aromatic carbocycles. The Bertz CT molecular complexity index is 956. The third kappa shape index (κ3) is 3.66. The minimum atomic E-state index is 1.08. The number of rotatable bonds is 6. The fraction of sp³-hybridized carbons (Fsp3) is 0.190. The van der Waals surface area contributed by atoms with Gasteiger partial charge in [0.05, 0.1) is 14.8 Å². The Balaban J connectivity index is 1.84. The zero-order chi connectivity index (χ0) is 17.1. The van der Waals surface area contributed by atoms with Crippen molar-refractivity contribution in [3.8, 4) is 21.7 Å². The summed E-state index contributed by atoms with van der Waals surface area (Å²) in [5.41, 5.74) is 3.62. The number of unbranched alkanes of at least 4 members (excludes halogenated alkanes) is 1. The minimum Gasteiger partial charge on any atom is -0.236 e. The molecule has 3 aromatic heterocycles. The Morgan fingerprint density at radius 3 is 2.68 bits per heavy atom. The molecule has 0 atom stereocenters. The van der Waals surface area contributed by atoms with Crippen molar-refractivity contribution in [3.63, 3.8) is 0 Å². The lowest BCUT2D eigenvalue weighted by Gasteiger charge is -2.06. The van der Waals surface area contributed by atoms with Crippen molar-refractivity contribution in [3.05, 3.63) is 60.0 Å². The lowest BCUT2D eigenvalue weighted by molar-refractivity contribution is 0.896. The van der Waals surface area contributed by atoms with Crippen LogP contribution in [0, 0.1) is 0 Å². The van der Waals surface area contributed by atoms with Gasteiger partial charge in [0.25, 0.3) is 0 Å². The molecular weight excluding hydrogens is 362 g/mol. The minimum absolute atomic E-state index is 1.08. The molecule has 0 amide bonds. The SMILES string of the molecule is CCCCSc1cc2c(-c3ccccc3)cc(-c3cccs3)nc2s1.